The minimum atomic E-state index is -0.762. The van der Waals surface area contributed by atoms with Crippen LogP contribution in [0.15, 0.2) is 95.1 Å². The largest absolute Gasteiger partial charge is 0.507 e. The average Bonchev–Trinajstić information content (AvgIpc) is 3.25. The van der Waals surface area contributed by atoms with Crippen LogP contribution in [0.5, 0.6) is 5.75 Å². The maximum Gasteiger partial charge on any atom is 0.269 e. The zero-order valence-corrected chi connectivity index (χ0v) is 22.4. The Hall–Kier alpha value is -5.18. The van der Waals surface area contributed by atoms with E-state index < -0.39 is 34.5 Å². The van der Waals surface area contributed by atoms with E-state index in [0.29, 0.717) is 22.1 Å². The Morgan fingerprint density at radius 1 is 0.905 bits per heavy atom. The summed E-state index contributed by atoms with van der Waals surface area (Å²) in [6, 6.07) is 15.9. The van der Waals surface area contributed by atoms with E-state index in [4.69, 9.17) is 0 Å². The predicted octanol–water partition coefficient (Wildman–Crippen LogP) is 5.09. The van der Waals surface area contributed by atoms with Gasteiger partial charge < -0.3 is 5.11 Å². The first-order valence-electron chi connectivity index (χ1n) is 13.7. The van der Waals surface area contributed by atoms with Crippen LogP contribution in [0.1, 0.15) is 31.2 Å². The van der Waals surface area contributed by atoms with E-state index in [1.54, 1.807) is 25.1 Å². The molecule has 0 radical (unpaired) electrons. The number of benzene rings is 3. The van der Waals surface area contributed by atoms with E-state index in [1.807, 2.05) is 24.3 Å². The zero-order valence-electron chi connectivity index (χ0n) is 22.4. The van der Waals surface area contributed by atoms with Gasteiger partial charge in [0.2, 0.25) is 11.8 Å². The van der Waals surface area contributed by atoms with Gasteiger partial charge >= 0.3 is 0 Å². The van der Waals surface area contributed by atoms with Crippen LogP contribution in [0.25, 0.3) is 10.8 Å². The van der Waals surface area contributed by atoms with Crippen molar-refractivity contribution in [3.05, 3.63) is 111 Å². The fraction of sp³-hybridized carbons (Fsp3) is 0.212. The van der Waals surface area contributed by atoms with E-state index in [9.17, 15) is 34.4 Å². The molecule has 42 heavy (non-hydrogen) atoms. The van der Waals surface area contributed by atoms with Crippen LogP contribution >= 0.6 is 0 Å². The number of fused-ring (bicyclic) bond motifs is 4. The topological polar surface area (TPSA) is 135 Å². The molecule has 1 heterocycles. The van der Waals surface area contributed by atoms with Gasteiger partial charge in [-0.05, 0) is 60.9 Å². The van der Waals surface area contributed by atoms with Crippen molar-refractivity contribution in [1.82, 2.24) is 0 Å². The lowest BCUT2D eigenvalue weighted by Crippen LogP contribution is -2.39. The molecule has 0 saturated carbocycles. The highest BCUT2D eigenvalue weighted by atomic mass is 16.6. The van der Waals surface area contributed by atoms with Crippen LogP contribution < -0.4 is 4.90 Å². The molecule has 2 amide bonds. The first kappa shape index (κ1) is 25.8. The Morgan fingerprint density at radius 3 is 2.33 bits per heavy atom. The van der Waals surface area contributed by atoms with Gasteiger partial charge in [-0.15, -0.1) is 0 Å². The first-order valence-corrected chi connectivity index (χ1v) is 13.7. The van der Waals surface area contributed by atoms with E-state index in [2.05, 4.69) is 0 Å². The summed E-state index contributed by atoms with van der Waals surface area (Å²) in [5.74, 6) is -3.80. The minimum absolute atomic E-state index is 0.0886. The molecule has 3 aliphatic carbocycles. The molecule has 9 nitrogen and oxygen atoms in total. The van der Waals surface area contributed by atoms with Crippen LogP contribution in [0.4, 0.5) is 11.4 Å². The first-order chi connectivity index (χ1) is 20.2. The van der Waals surface area contributed by atoms with Crippen molar-refractivity contribution in [1.29, 1.82) is 0 Å². The highest BCUT2D eigenvalue weighted by molar-refractivity contribution is 6.25. The van der Waals surface area contributed by atoms with Crippen molar-refractivity contribution in [2.45, 2.75) is 25.7 Å². The van der Waals surface area contributed by atoms with Crippen molar-refractivity contribution in [2.24, 2.45) is 17.8 Å². The number of hydrogen-bond acceptors (Lipinski definition) is 7. The van der Waals surface area contributed by atoms with Gasteiger partial charge in [-0.2, -0.15) is 0 Å². The SMILES string of the molecule is CC1=CC(=O)C2=C(CC3C(=CCC4C(=O)N(c5ccc([N+](=O)[O-])cc5)C(=O)C43)C2c2ccc(O)c3ccccc23)C1=O. The van der Waals surface area contributed by atoms with Gasteiger partial charge in [0, 0.05) is 40.2 Å². The molecule has 0 bridgehead atoms. The van der Waals surface area contributed by atoms with Gasteiger partial charge in [-0.25, -0.2) is 0 Å². The number of phenols is 1. The molecule has 208 valence electrons. The number of carbonyl (C=O) groups is 4. The molecule has 1 fully saturated rings. The quantitative estimate of drug-likeness (QED) is 0.155. The van der Waals surface area contributed by atoms with Crippen LogP contribution in [-0.4, -0.2) is 33.4 Å². The predicted molar refractivity (Wildman–Crippen MR) is 153 cm³/mol. The summed E-state index contributed by atoms with van der Waals surface area (Å²) >= 11 is 0. The summed E-state index contributed by atoms with van der Waals surface area (Å²) in [5, 5.41) is 23.0. The van der Waals surface area contributed by atoms with Crippen LogP contribution in [0, 0.1) is 27.9 Å². The number of imide groups is 1. The van der Waals surface area contributed by atoms with Crippen molar-refractivity contribution < 1.29 is 29.2 Å². The van der Waals surface area contributed by atoms with E-state index in [0.717, 1.165) is 21.4 Å². The van der Waals surface area contributed by atoms with Gasteiger partial charge in [0.25, 0.3) is 5.69 Å². The van der Waals surface area contributed by atoms with Gasteiger partial charge in [0.15, 0.2) is 11.6 Å². The molecule has 0 spiro atoms. The number of amides is 2. The lowest BCUT2D eigenvalue weighted by atomic mass is 9.59. The minimum Gasteiger partial charge on any atom is -0.507 e. The van der Waals surface area contributed by atoms with Crippen LogP contribution in [-0.2, 0) is 19.2 Å². The number of nitro benzene ring substituents is 1. The summed E-state index contributed by atoms with van der Waals surface area (Å²) in [6.45, 7) is 1.60. The van der Waals surface area contributed by atoms with Crippen molar-refractivity contribution in [3.8, 4) is 5.75 Å². The Balaban J connectivity index is 1.38. The number of allylic oxidation sites excluding steroid dienone is 6. The number of ketones is 2. The average molecular weight is 561 g/mol. The zero-order chi connectivity index (χ0) is 29.4. The molecule has 4 unspecified atom stereocenters. The smallest absolute Gasteiger partial charge is 0.269 e. The third-order valence-corrected chi connectivity index (χ3v) is 9.13. The Kier molecular flexibility index (Phi) is 5.63. The summed E-state index contributed by atoms with van der Waals surface area (Å²) in [4.78, 5) is 66.4. The van der Waals surface area contributed by atoms with Gasteiger partial charge in [-0.1, -0.05) is 42.0 Å². The molecule has 4 atom stereocenters. The molecule has 3 aromatic carbocycles. The number of Topliss-reactive ketones (excluding diaryl/α,β-unsaturated/α-hetero) is 1. The fourth-order valence-corrected chi connectivity index (χ4v) is 7.27. The second-order valence-electron chi connectivity index (χ2n) is 11.2. The van der Waals surface area contributed by atoms with E-state index in [-0.39, 0.29) is 47.4 Å². The van der Waals surface area contributed by atoms with E-state index >= 15 is 0 Å². The van der Waals surface area contributed by atoms with Crippen molar-refractivity contribution in [2.75, 3.05) is 4.90 Å². The maximum absolute atomic E-state index is 14.0. The lowest BCUT2D eigenvalue weighted by Gasteiger charge is -2.42. The molecule has 1 aliphatic heterocycles. The van der Waals surface area contributed by atoms with Gasteiger partial charge in [-0.3, -0.25) is 34.2 Å². The number of hydrogen-bond donors (Lipinski definition) is 1. The van der Waals surface area contributed by atoms with Gasteiger partial charge in [0.1, 0.15) is 5.75 Å². The number of anilines is 1. The third-order valence-electron chi connectivity index (χ3n) is 9.13. The summed E-state index contributed by atoms with van der Waals surface area (Å²) in [7, 11) is 0. The Morgan fingerprint density at radius 2 is 1.62 bits per heavy atom. The number of nitro groups is 1. The van der Waals surface area contributed by atoms with Crippen molar-refractivity contribution >= 4 is 45.5 Å². The molecule has 4 aliphatic rings. The number of carbonyl (C=O) groups excluding carboxylic acids is 4. The molecule has 0 aromatic heterocycles. The number of rotatable bonds is 3. The van der Waals surface area contributed by atoms with Crippen molar-refractivity contribution in [3.63, 3.8) is 0 Å². The molecular formula is C33H24N2O7. The highest BCUT2D eigenvalue weighted by Crippen LogP contribution is 2.56. The molecule has 3 aromatic rings. The van der Waals surface area contributed by atoms with E-state index in [1.165, 1.54) is 30.3 Å². The highest BCUT2D eigenvalue weighted by Gasteiger charge is 2.56. The lowest BCUT2D eigenvalue weighted by molar-refractivity contribution is -0.384. The monoisotopic (exact) mass is 560 g/mol. The number of nitrogens with zero attached hydrogens (tertiary/aromatic N) is 2. The van der Waals surface area contributed by atoms with Crippen LogP contribution in [0.2, 0.25) is 0 Å². The number of phenolic OH excluding ortho intramolecular Hbond substituents is 1. The third kappa shape index (κ3) is 3.56. The molecule has 7 rings (SSSR count). The summed E-state index contributed by atoms with van der Waals surface area (Å²) < 4.78 is 0. The number of non-ortho nitro benzene ring substituents is 1. The molecular weight excluding hydrogens is 536 g/mol. The normalized spacial score (nSPS) is 25.2. The Labute approximate surface area is 239 Å². The molecule has 1 saturated heterocycles. The molecule has 1 N–H and O–H groups in total. The van der Waals surface area contributed by atoms with Gasteiger partial charge in [0.05, 0.1) is 22.4 Å². The second kappa shape index (κ2) is 9.17. The summed E-state index contributed by atoms with van der Waals surface area (Å²) in [5.41, 5.74) is 2.72. The van der Waals surface area contributed by atoms with Crippen LogP contribution in [0.3, 0.4) is 0 Å². The Bertz CT molecular complexity index is 1880. The molecule has 9 heteroatoms. The maximum atomic E-state index is 14.0. The standard InChI is InChI=1S/C33H24N2O7/c1-16-14-27(37)30-25(31(16)38)15-24-22(28(30)21-12-13-26(36)20-5-3-2-4-19(20)21)10-11-23-29(24)33(40)34(32(23)39)17-6-8-18(9-7-17)35(41)42/h2-10,12-14,23-24,28-29,36H,11,15H2,1H3. The second-order valence-corrected chi connectivity index (χ2v) is 11.2. The summed E-state index contributed by atoms with van der Waals surface area (Å²) in [6.07, 6.45) is 3.73. The number of aromatic hydroxyl groups is 1. The fourth-order valence-electron chi connectivity index (χ4n) is 7.27.